The first kappa shape index (κ1) is 10.7. The van der Waals surface area contributed by atoms with Crippen LogP contribution in [-0.4, -0.2) is 6.61 Å². The molecule has 0 spiro atoms. The highest BCUT2D eigenvalue weighted by atomic mass is 16.5. The van der Waals surface area contributed by atoms with Crippen molar-refractivity contribution in [3.63, 3.8) is 0 Å². The zero-order chi connectivity index (χ0) is 10.7. The molecule has 1 saturated carbocycles. The molecule has 1 aromatic rings. The van der Waals surface area contributed by atoms with Crippen molar-refractivity contribution in [2.75, 3.05) is 6.61 Å². The highest BCUT2D eigenvalue weighted by Gasteiger charge is 2.26. The monoisotopic (exact) mass is 204 g/mol. The van der Waals surface area contributed by atoms with Gasteiger partial charge in [0.25, 0.3) is 0 Å². The van der Waals surface area contributed by atoms with Crippen LogP contribution in [0.3, 0.4) is 0 Å². The molecule has 0 unspecified atom stereocenters. The van der Waals surface area contributed by atoms with Crippen LogP contribution in [-0.2, 0) is 4.74 Å². The molecule has 1 aliphatic carbocycles. The maximum absolute atomic E-state index is 5.80. The molecule has 0 aromatic heterocycles. The lowest BCUT2D eigenvalue weighted by atomic mass is 10.00. The van der Waals surface area contributed by atoms with Crippen LogP contribution in [0, 0.1) is 0 Å². The summed E-state index contributed by atoms with van der Waals surface area (Å²) in [6.07, 6.45) is 4.06. The fourth-order valence-electron chi connectivity index (χ4n) is 2.03. The Morgan fingerprint density at radius 2 is 2.07 bits per heavy atom. The number of ether oxygens (including phenoxy) is 1. The quantitative estimate of drug-likeness (QED) is 0.703. The topological polar surface area (TPSA) is 9.23 Å². The lowest BCUT2D eigenvalue weighted by Gasteiger charge is -2.16. The lowest BCUT2D eigenvalue weighted by Crippen LogP contribution is -2.03. The number of rotatable bonds is 5. The molecule has 0 saturated heterocycles. The fourth-order valence-corrected chi connectivity index (χ4v) is 2.03. The van der Waals surface area contributed by atoms with Gasteiger partial charge < -0.3 is 4.74 Å². The Kier molecular flexibility index (Phi) is 3.42. The van der Waals surface area contributed by atoms with Gasteiger partial charge in [-0.05, 0) is 43.2 Å². The second-order valence-electron chi connectivity index (χ2n) is 4.42. The van der Waals surface area contributed by atoms with E-state index in [1.165, 1.54) is 24.0 Å². The third-order valence-electron chi connectivity index (χ3n) is 3.02. The number of benzene rings is 1. The number of hydrogen-bond acceptors (Lipinski definition) is 1. The molecule has 0 bridgehead atoms. The Morgan fingerprint density at radius 3 is 2.73 bits per heavy atom. The zero-order valence-electron chi connectivity index (χ0n) is 9.70. The van der Waals surface area contributed by atoms with E-state index in [0.29, 0.717) is 0 Å². The van der Waals surface area contributed by atoms with Gasteiger partial charge in [-0.25, -0.2) is 0 Å². The van der Waals surface area contributed by atoms with Crippen molar-refractivity contribution in [3.05, 3.63) is 35.4 Å². The van der Waals surface area contributed by atoms with Gasteiger partial charge in [0.15, 0.2) is 0 Å². The van der Waals surface area contributed by atoms with Crippen LogP contribution in [0.4, 0.5) is 0 Å². The van der Waals surface area contributed by atoms with E-state index in [4.69, 9.17) is 4.74 Å². The first-order valence-electron chi connectivity index (χ1n) is 6.03. The van der Waals surface area contributed by atoms with Gasteiger partial charge in [-0.3, -0.25) is 0 Å². The Morgan fingerprint density at radius 1 is 1.33 bits per heavy atom. The standard InChI is InChI=1S/C14H20O/c1-3-10-15-11(2)13-6-4-5-7-14(13)12-8-9-12/h4-7,11-12H,3,8-10H2,1-2H3/t11-/m0/s1. The highest BCUT2D eigenvalue weighted by molar-refractivity contribution is 5.34. The van der Waals surface area contributed by atoms with Crippen LogP contribution >= 0.6 is 0 Å². The molecule has 1 aliphatic rings. The van der Waals surface area contributed by atoms with E-state index < -0.39 is 0 Å². The molecule has 0 heterocycles. The van der Waals surface area contributed by atoms with E-state index in [2.05, 4.69) is 38.1 Å². The predicted octanol–water partition coefficient (Wildman–Crippen LogP) is 4.05. The minimum absolute atomic E-state index is 0.252. The van der Waals surface area contributed by atoms with Gasteiger partial charge in [0.2, 0.25) is 0 Å². The largest absolute Gasteiger partial charge is 0.374 e. The minimum Gasteiger partial charge on any atom is -0.374 e. The second-order valence-corrected chi connectivity index (χ2v) is 4.42. The van der Waals surface area contributed by atoms with Gasteiger partial charge in [0.05, 0.1) is 6.10 Å². The average Bonchev–Trinajstić information content (AvgIpc) is 3.09. The lowest BCUT2D eigenvalue weighted by molar-refractivity contribution is 0.0657. The molecule has 0 radical (unpaired) electrons. The van der Waals surface area contributed by atoms with E-state index in [0.717, 1.165) is 18.9 Å². The normalized spacial score (nSPS) is 17.7. The summed E-state index contributed by atoms with van der Waals surface area (Å²) >= 11 is 0. The summed E-state index contributed by atoms with van der Waals surface area (Å²) in [6.45, 7) is 5.18. The Labute approximate surface area is 92.5 Å². The van der Waals surface area contributed by atoms with E-state index in [1.807, 2.05) is 0 Å². The molecule has 0 aliphatic heterocycles. The van der Waals surface area contributed by atoms with Gasteiger partial charge >= 0.3 is 0 Å². The van der Waals surface area contributed by atoms with Gasteiger partial charge in [-0.1, -0.05) is 31.2 Å². The van der Waals surface area contributed by atoms with Crippen molar-refractivity contribution in [3.8, 4) is 0 Å². The van der Waals surface area contributed by atoms with Gasteiger partial charge in [-0.2, -0.15) is 0 Å². The molecule has 82 valence electrons. The molecule has 0 N–H and O–H groups in total. The summed E-state index contributed by atoms with van der Waals surface area (Å²) in [4.78, 5) is 0. The summed E-state index contributed by atoms with van der Waals surface area (Å²) in [5.74, 6) is 0.814. The molecule has 1 atom stereocenters. The summed E-state index contributed by atoms with van der Waals surface area (Å²) in [5, 5.41) is 0. The molecule has 15 heavy (non-hydrogen) atoms. The summed E-state index contributed by atoms with van der Waals surface area (Å²) in [5.41, 5.74) is 2.91. The van der Waals surface area contributed by atoms with Crippen molar-refractivity contribution in [2.24, 2.45) is 0 Å². The smallest absolute Gasteiger partial charge is 0.0799 e. The van der Waals surface area contributed by atoms with Crippen LogP contribution < -0.4 is 0 Å². The molecule has 0 amide bonds. The first-order chi connectivity index (χ1) is 7.33. The van der Waals surface area contributed by atoms with Crippen LogP contribution in [0.25, 0.3) is 0 Å². The summed E-state index contributed by atoms with van der Waals surface area (Å²) in [7, 11) is 0. The van der Waals surface area contributed by atoms with Crippen molar-refractivity contribution in [1.82, 2.24) is 0 Å². The van der Waals surface area contributed by atoms with Gasteiger partial charge in [0.1, 0.15) is 0 Å². The van der Waals surface area contributed by atoms with Crippen LogP contribution in [0.15, 0.2) is 24.3 Å². The minimum atomic E-state index is 0.252. The number of hydrogen-bond donors (Lipinski definition) is 0. The van der Waals surface area contributed by atoms with Crippen LogP contribution in [0.5, 0.6) is 0 Å². The first-order valence-corrected chi connectivity index (χ1v) is 6.03. The van der Waals surface area contributed by atoms with Crippen molar-refractivity contribution >= 4 is 0 Å². The van der Waals surface area contributed by atoms with Crippen molar-refractivity contribution < 1.29 is 4.74 Å². The van der Waals surface area contributed by atoms with Gasteiger partial charge in [0, 0.05) is 6.61 Å². The van der Waals surface area contributed by atoms with Crippen molar-refractivity contribution in [2.45, 2.75) is 45.1 Å². The average molecular weight is 204 g/mol. The maximum atomic E-state index is 5.80. The molecule has 1 nitrogen and oxygen atoms in total. The third kappa shape index (κ3) is 2.60. The SMILES string of the molecule is CCCO[C@@H](C)c1ccccc1C1CC1. The Balaban J connectivity index is 2.11. The van der Waals surface area contributed by atoms with E-state index in [9.17, 15) is 0 Å². The molecule has 1 aromatic carbocycles. The molecule has 1 heteroatoms. The molecule has 2 rings (SSSR count). The van der Waals surface area contributed by atoms with E-state index in [1.54, 1.807) is 0 Å². The van der Waals surface area contributed by atoms with Gasteiger partial charge in [-0.15, -0.1) is 0 Å². The van der Waals surface area contributed by atoms with Crippen LogP contribution in [0.2, 0.25) is 0 Å². The van der Waals surface area contributed by atoms with Crippen molar-refractivity contribution in [1.29, 1.82) is 0 Å². The summed E-state index contributed by atoms with van der Waals surface area (Å²) in [6, 6.07) is 8.74. The zero-order valence-corrected chi connectivity index (χ0v) is 9.70. The molecular formula is C14H20O. The Hall–Kier alpha value is -0.820. The second kappa shape index (κ2) is 4.80. The molecule has 1 fully saturated rings. The predicted molar refractivity (Wildman–Crippen MR) is 63.1 cm³/mol. The van der Waals surface area contributed by atoms with E-state index in [-0.39, 0.29) is 6.10 Å². The summed E-state index contributed by atoms with van der Waals surface area (Å²) < 4.78 is 5.80. The fraction of sp³-hybridized carbons (Fsp3) is 0.571. The Bertz CT molecular complexity index is 315. The van der Waals surface area contributed by atoms with E-state index >= 15 is 0 Å². The molecular weight excluding hydrogens is 184 g/mol. The highest BCUT2D eigenvalue weighted by Crippen LogP contribution is 2.43. The van der Waals surface area contributed by atoms with Crippen LogP contribution in [0.1, 0.15) is 56.3 Å². The maximum Gasteiger partial charge on any atom is 0.0799 e. The third-order valence-corrected chi connectivity index (χ3v) is 3.02.